The van der Waals surface area contributed by atoms with Crippen molar-refractivity contribution in [3.63, 3.8) is 0 Å². The SMILES string of the molecule is CCCCC(CC)CCC(=O)OC#N. The van der Waals surface area contributed by atoms with E-state index >= 15 is 0 Å². The number of esters is 1. The molecule has 0 fully saturated rings. The zero-order chi connectivity index (χ0) is 10.8. The molecule has 0 rings (SSSR count). The summed E-state index contributed by atoms with van der Waals surface area (Å²) in [6, 6.07) is 0. The Hall–Kier alpha value is -1.04. The van der Waals surface area contributed by atoms with Crippen LogP contribution in [0.25, 0.3) is 0 Å². The first kappa shape index (κ1) is 13.0. The van der Waals surface area contributed by atoms with Gasteiger partial charge in [0.2, 0.25) is 0 Å². The molecule has 3 heteroatoms. The van der Waals surface area contributed by atoms with E-state index in [1.54, 1.807) is 0 Å². The van der Waals surface area contributed by atoms with Gasteiger partial charge in [0.05, 0.1) is 0 Å². The van der Waals surface area contributed by atoms with Gasteiger partial charge in [0.15, 0.2) is 0 Å². The van der Waals surface area contributed by atoms with Gasteiger partial charge in [-0.1, -0.05) is 39.5 Å². The molecular formula is C11H19NO2. The van der Waals surface area contributed by atoms with Crippen molar-refractivity contribution in [2.45, 2.75) is 52.4 Å². The molecule has 0 amide bonds. The lowest BCUT2D eigenvalue weighted by atomic mass is 9.94. The van der Waals surface area contributed by atoms with Crippen LogP contribution in [0.15, 0.2) is 0 Å². The molecule has 0 aromatic rings. The fourth-order valence-electron chi connectivity index (χ4n) is 1.47. The summed E-state index contributed by atoms with van der Waals surface area (Å²) in [6.45, 7) is 4.30. The van der Waals surface area contributed by atoms with Gasteiger partial charge in [0.25, 0.3) is 6.26 Å². The van der Waals surface area contributed by atoms with Crippen molar-refractivity contribution >= 4 is 5.97 Å². The molecule has 0 radical (unpaired) electrons. The lowest BCUT2D eigenvalue weighted by Crippen LogP contribution is -2.05. The van der Waals surface area contributed by atoms with E-state index in [2.05, 4.69) is 18.6 Å². The molecule has 1 unspecified atom stereocenters. The summed E-state index contributed by atoms with van der Waals surface area (Å²) in [5.74, 6) is 0.198. The Labute approximate surface area is 86.1 Å². The van der Waals surface area contributed by atoms with Crippen molar-refractivity contribution in [3.05, 3.63) is 0 Å². The van der Waals surface area contributed by atoms with Gasteiger partial charge in [-0.05, 0) is 12.3 Å². The molecule has 0 aromatic heterocycles. The zero-order valence-corrected chi connectivity index (χ0v) is 9.08. The molecule has 0 aliphatic rings. The summed E-state index contributed by atoms with van der Waals surface area (Å²) in [4.78, 5) is 10.9. The second kappa shape index (κ2) is 8.55. The van der Waals surface area contributed by atoms with Gasteiger partial charge in [0.1, 0.15) is 0 Å². The van der Waals surface area contributed by atoms with Crippen molar-refractivity contribution in [1.29, 1.82) is 5.26 Å². The first-order chi connectivity index (χ1) is 6.74. The van der Waals surface area contributed by atoms with Crippen LogP contribution in [0.3, 0.4) is 0 Å². The number of hydrogen-bond acceptors (Lipinski definition) is 3. The predicted molar refractivity (Wildman–Crippen MR) is 54.2 cm³/mol. The second-order valence-electron chi connectivity index (χ2n) is 3.52. The molecule has 1 atom stereocenters. The van der Waals surface area contributed by atoms with E-state index < -0.39 is 5.97 Å². The van der Waals surface area contributed by atoms with Gasteiger partial charge in [-0.15, -0.1) is 5.26 Å². The van der Waals surface area contributed by atoms with E-state index in [0.29, 0.717) is 12.3 Å². The summed E-state index contributed by atoms with van der Waals surface area (Å²) in [5.41, 5.74) is 0. The Morgan fingerprint density at radius 3 is 2.64 bits per heavy atom. The molecular weight excluding hydrogens is 178 g/mol. The van der Waals surface area contributed by atoms with Crippen LogP contribution in [0.2, 0.25) is 0 Å². The minimum Gasteiger partial charge on any atom is -0.351 e. The average molecular weight is 197 g/mol. The lowest BCUT2D eigenvalue weighted by molar-refractivity contribution is -0.137. The fourth-order valence-corrected chi connectivity index (χ4v) is 1.47. The van der Waals surface area contributed by atoms with Gasteiger partial charge in [-0.3, -0.25) is 4.79 Å². The average Bonchev–Trinajstić information content (AvgIpc) is 2.19. The number of nitriles is 1. The van der Waals surface area contributed by atoms with Gasteiger partial charge in [-0.25, -0.2) is 0 Å². The number of unbranched alkanes of at least 4 members (excludes halogenated alkanes) is 1. The summed E-state index contributed by atoms with van der Waals surface area (Å²) < 4.78 is 4.21. The van der Waals surface area contributed by atoms with Crippen molar-refractivity contribution < 1.29 is 9.53 Å². The Bertz CT molecular complexity index is 196. The third-order valence-electron chi connectivity index (χ3n) is 2.46. The molecule has 80 valence electrons. The zero-order valence-electron chi connectivity index (χ0n) is 9.08. The molecule has 0 aromatic carbocycles. The third-order valence-corrected chi connectivity index (χ3v) is 2.46. The third kappa shape index (κ3) is 6.47. The molecule has 0 aliphatic heterocycles. The van der Waals surface area contributed by atoms with Crippen LogP contribution in [-0.2, 0) is 9.53 Å². The summed E-state index contributed by atoms with van der Waals surface area (Å²) >= 11 is 0. The molecule has 0 spiro atoms. The summed E-state index contributed by atoms with van der Waals surface area (Å²) in [7, 11) is 0. The van der Waals surface area contributed by atoms with E-state index in [0.717, 1.165) is 12.8 Å². The normalized spacial score (nSPS) is 11.8. The molecule has 14 heavy (non-hydrogen) atoms. The van der Waals surface area contributed by atoms with Gasteiger partial charge >= 0.3 is 5.97 Å². The Morgan fingerprint density at radius 2 is 2.14 bits per heavy atom. The van der Waals surface area contributed by atoms with E-state index in [4.69, 9.17) is 5.26 Å². The number of ether oxygens (including phenoxy) is 1. The highest BCUT2D eigenvalue weighted by atomic mass is 16.5. The molecule has 0 saturated heterocycles. The van der Waals surface area contributed by atoms with E-state index in [1.165, 1.54) is 25.5 Å². The molecule has 0 heterocycles. The standard InChI is InChI=1S/C11H19NO2/c1-3-5-6-10(4-2)7-8-11(13)14-9-12/h10H,3-8H2,1-2H3. The van der Waals surface area contributed by atoms with Crippen molar-refractivity contribution in [3.8, 4) is 6.26 Å². The number of carbonyl (C=O) groups is 1. The van der Waals surface area contributed by atoms with Crippen LogP contribution in [0.5, 0.6) is 0 Å². The predicted octanol–water partition coefficient (Wildman–Crippen LogP) is 3.01. The Kier molecular flexibility index (Phi) is 7.92. The molecule has 0 aliphatic carbocycles. The number of carbonyl (C=O) groups excluding carboxylic acids is 1. The molecule has 0 bridgehead atoms. The Morgan fingerprint density at radius 1 is 1.43 bits per heavy atom. The second-order valence-corrected chi connectivity index (χ2v) is 3.52. The maximum Gasteiger partial charge on any atom is 0.321 e. The number of nitrogens with zero attached hydrogens (tertiary/aromatic N) is 1. The largest absolute Gasteiger partial charge is 0.351 e. The fraction of sp³-hybridized carbons (Fsp3) is 0.818. The molecule has 0 saturated carbocycles. The minimum absolute atomic E-state index is 0.371. The van der Waals surface area contributed by atoms with Crippen LogP contribution >= 0.6 is 0 Å². The number of hydrogen-bond donors (Lipinski definition) is 0. The van der Waals surface area contributed by atoms with Crippen LogP contribution < -0.4 is 0 Å². The highest BCUT2D eigenvalue weighted by molar-refractivity contribution is 5.70. The molecule has 3 nitrogen and oxygen atoms in total. The van der Waals surface area contributed by atoms with Crippen molar-refractivity contribution in [1.82, 2.24) is 0 Å². The maximum absolute atomic E-state index is 10.9. The van der Waals surface area contributed by atoms with Crippen LogP contribution in [0.4, 0.5) is 0 Å². The molecule has 0 N–H and O–H groups in total. The minimum atomic E-state index is -0.401. The maximum atomic E-state index is 10.9. The van der Waals surface area contributed by atoms with Gasteiger partial charge < -0.3 is 4.74 Å². The van der Waals surface area contributed by atoms with Crippen LogP contribution in [0.1, 0.15) is 52.4 Å². The smallest absolute Gasteiger partial charge is 0.321 e. The highest BCUT2D eigenvalue weighted by Crippen LogP contribution is 2.18. The summed E-state index contributed by atoms with van der Waals surface area (Å²) in [5, 5.41) is 8.11. The lowest BCUT2D eigenvalue weighted by Gasteiger charge is -2.12. The summed E-state index contributed by atoms with van der Waals surface area (Å²) in [6.07, 6.45) is 7.30. The van der Waals surface area contributed by atoms with Gasteiger partial charge in [-0.2, -0.15) is 0 Å². The van der Waals surface area contributed by atoms with Crippen molar-refractivity contribution in [2.24, 2.45) is 5.92 Å². The first-order valence-corrected chi connectivity index (χ1v) is 5.33. The highest BCUT2D eigenvalue weighted by Gasteiger charge is 2.09. The van der Waals surface area contributed by atoms with E-state index in [1.807, 2.05) is 0 Å². The monoisotopic (exact) mass is 197 g/mol. The van der Waals surface area contributed by atoms with Gasteiger partial charge in [0, 0.05) is 6.42 Å². The van der Waals surface area contributed by atoms with Crippen molar-refractivity contribution in [2.75, 3.05) is 0 Å². The first-order valence-electron chi connectivity index (χ1n) is 5.33. The number of rotatable bonds is 7. The van der Waals surface area contributed by atoms with E-state index in [-0.39, 0.29) is 0 Å². The van der Waals surface area contributed by atoms with Crippen LogP contribution in [0, 0.1) is 17.4 Å². The topological polar surface area (TPSA) is 50.1 Å². The van der Waals surface area contributed by atoms with Crippen LogP contribution in [-0.4, -0.2) is 5.97 Å². The quantitative estimate of drug-likeness (QED) is 0.465. The Balaban J connectivity index is 3.61. The van der Waals surface area contributed by atoms with E-state index in [9.17, 15) is 4.79 Å².